The molecular weight excluding hydrogens is 252 g/mol. The number of carboxylic acids is 1. The molecule has 0 saturated carbocycles. The lowest BCUT2D eigenvalue weighted by molar-refractivity contribution is -0.137. The molecule has 6 heteroatoms. The molecule has 0 aliphatic heterocycles. The van der Waals surface area contributed by atoms with Gasteiger partial charge in [-0.05, 0) is 13.3 Å². The van der Waals surface area contributed by atoms with E-state index in [4.69, 9.17) is 5.11 Å². The van der Waals surface area contributed by atoms with E-state index < -0.39 is 11.4 Å². The molecule has 0 radical (unpaired) electrons. The van der Waals surface area contributed by atoms with Crippen molar-refractivity contribution in [3.05, 3.63) is 10.6 Å². The Hall–Kier alpha value is -1.43. The fraction of sp³-hybridized carbons (Fsp3) is 0.583. The van der Waals surface area contributed by atoms with Gasteiger partial charge in [-0.25, -0.2) is 4.98 Å². The molecule has 0 bridgehead atoms. The van der Waals surface area contributed by atoms with Crippen molar-refractivity contribution in [2.24, 2.45) is 5.41 Å². The summed E-state index contributed by atoms with van der Waals surface area (Å²) in [5, 5.41) is 11.9. The van der Waals surface area contributed by atoms with Crippen molar-refractivity contribution in [2.75, 3.05) is 5.32 Å². The van der Waals surface area contributed by atoms with Crippen molar-refractivity contribution >= 4 is 28.3 Å². The molecule has 0 spiro atoms. The minimum Gasteiger partial charge on any atom is -0.481 e. The summed E-state index contributed by atoms with van der Waals surface area (Å²) in [6, 6.07) is 0. The lowest BCUT2D eigenvalue weighted by Gasteiger charge is -2.15. The number of aryl methyl sites for hydroxylation is 2. The Kier molecular flexibility index (Phi) is 4.45. The second-order valence-electron chi connectivity index (χ2n) is 5.13. The molecule has 5 nitrogen and oxygen atoms in total. The summed E-state index contributed by atoms with van der Waals surface area (Å²) >= 11 is 1.34. The number of thiazole rings is 1. The number of amides is 1. The number of carbonyl (C=O) groups excluding carboxylic acids is 1. The van der Waals surface area contributed by atoms with E-state index in [2.05, 4.69) is 10.3 Å². The summed E-state index contributed by atoms with van der Waals surface area (Å²) < 4.78 is 0. The van der Waals surface area contributed by atoms with Crippen LogP contribution in [0.5, 0.6) is 0 Å². The number of nitrogens with one attached hydrogen (secondary N) is 1. The van der Waals surface area contributed by atoms with Crippen LogP contribution in [-0.4, -0.2) is 22.0 Å². The predicted molar refractivity (Wildman–Crippen MR) is 70.9 cm³/mol. The van der Waals surface area contributed by atoms with Crippen LogP contribution in [0.3, 0.4) is 0 Å². The van der Waals surface area contributed by atoms with E-state index in [9.17, 15) is 9.59 Å². The molecule has 0 aromatic carbocycles. The zero-order chi connectivity index (χ0) is 13.9. The number of anilines is 1. The summed E-state index contributed by atoms with van der Waals surface area (Å²) in [7, 11) is 0. The minimum atomic E-state index is -0.830. The van der Waals surface area contributed by atoms with Crippen LogP contribution in [0.2, 0.25) is 0 Å². The molecule has 0 saturated heterocycles. The Labute approximate surface area is 110 Å². The molecule has 18 heavy (non-hydrogen) atoms. The Morgan fingerprint density at radius 2 is 2.00 bits per heavy atom. The van der Waals surface area contributed by atoms with Gasteiger partial charge in [0.25, 0.3) is 0 Å². The van der Waals surface area contributed by atoms with E-state index in [0.717, 1.165) is 10.6 Å². The summed E-state index contributed by atoms with van der Waals surface area (Å²) in [5.74, 6) is -0.927. The molecule has 1 aromatic heterocycles. The van der Waals surface area contributed by atoms with Crippen LogP contribution in [-0.2, 0) is 16.0 Å². The fourth-order valence-electron chi connectivity index (χ4n) is 1.22. The average molecular weight is 270 g/mol. The predicted octanol–water partition coefficient (Wildman–Crippen LogP) is 2.45. The monoisotopic (exact) mass is 270 g/mol. The third kappa shape index (κ3) is 4.10. The van der Waals surface area contributed by atoms with Crippen molar-refractivity contribution in [3.8, 4) is 0 Å². The Morgan fingerprint density at radius 1 is 1.39 bits per heavy atom. The van der Waals surface area contributed by atoms with E-state index in [1.54, 1.807) is 0 Å². The number of hydrogen-bond donors (Lipinski definition) is 2. The van der Waals surface area contributed by atoms with Gasteiger partial charge in [0.05, 0.1) is 12.1 Å². The molecule has 0 unspecified atom stereocenters. The van der Waals surface area contributed by atoms with Crippen molar-refractivity contribution in [2.45, 2.75) is 40.5 Å². The topological polar surface area (TPSA) is 79.3 Å². The molecule has 0 aliphatic rings. The van der Waals surface area contributed by atoms with Crippen LogP contribution in [0.1, 0.15) is 37.8 Å². The van der Waals surface area contributed by atoms with Crippen LogP contribution < -0.4 is 5.32 Å². The van der Waals surface area contributed by atoms with Crippen molar-refractivity contribution in [1.29, 1.82) is 0 Å². The minimum absolute atomic E-state index is 0.0791. The van der Waals surface area contributed by atoms with Crippen LogP contribution in [0, 0.1) is 12.3 Å². The molecular formula is C12H18N2O3S. The van der Waals surface area contributed by atoms with Gasteiger partial charge < -0.3 is 10.4 Å². The molecule has 1 heterocycles. The van der Waals surface area contributed by atoms with Gasteiger partial charge >= 0.3 is 5.97 Å². The summed E-state index contributed by atoms with van der Waals surface area (Å²) in [6.45, 7) is 7.30. The first-order valence-electron chi connectivity index (χ1n) is 5.69. The number of aromatic nitrogens is 1. The van der Waals surface area contributed by atoms with Gasteiger partial charge in [0.15, 0.2) is 5.13 Å². The average Bonchev–Trinajstić information content (AvgIpc) is 2.54. The van der Waals surface area contributed by atoms with Crippen LogP contribution in [0.15, 0.2) is 0 Å². The van der Waals surface area contributed by atoms with Crippen LogP contribution in [0.4, 0.5) is 5.13 Å². The summed E-state index contributed by atoms with van der Waals surface area (Å²) in [5.41, 5.74) is 0.311. The lowest BCUT2D eigenvalue weighted by Crippen LogP contribution is -2.27. The normalized spacial score (nSPS) is 11.3. The van der Waals surface area contributed by atoms with Gasteiger partial charge in [-0.3, -0.25) is 9.59 Å². The maximum Gasteiger partial charge on any atom is 0.303 e. The van der Waals surface area contributed by atoms with Crippen molar-refractivity contribution in [1.82, 2.24) is 4.98 Å². The quantitative estimate of drug-likeness (QED) is 0.880. The second-order valence-corrected chi connectivity index (χ2v) is 6.21. The van der Waals surface area contributed by atoms with Gasteiger partial charge in [0.2, 0.25) is 5.91 Å². The van der Waals surface area contributed by atoms with Gasteiger partial charge in [0.1, 0.15) is 0 Å². The lowest BCUT2D eigenvalue weighted by atomic mass is 9.96. The van der Waals surface area contributed by atoms with E-state index in [0.29, 0.717) is 11.6 Å². The number of aliphatic carboxylic acids is 1. The first kappa shape index (κ1) is 14.6. The molecule has 1 amide bonds. The Morgan fingerprint density at radius 3 is 2.50 bits per heavy atom. The summed E-state index contributed by atoms with van der Waals surface area (Å²) in [4.78, 5) is 27.4. The highest BCUT2D eigenvalue weighted by molar-refractivity contribution is 7.15. The van der Waals surface area contributed by atoms with Gasteiger partial charge in [-0.2, -0.15) is 0 Å². The highest BCUT2D eigenvalue weighted by Crippen LogP contribution is 2.25. The van der Waals surface area contributed by atoms with Gasteiger partial charge in [-0.15, -0.1) is 11.3 Å². The molecule has 0 atom stereocenters. The highest BCUT2D eigenvalue weighted by Gasteiger charge is 2.22. The number of carboxylic acid groups (broad SMARTS) is 1. The maximum atomic E-state index is 11.8. The van der Waals surface area contributed by atoms with Crippen LogP contribution in [0.25, 0.3) is 0 Å². The smallest absolute Gasteiger partial charge is 0.303 e. The maximum absolute atomic E-state index is 11.8. The largest absolute Gasteiger partial charge is 0.481 e. The number of carbonyl (C=O) groups is 2. The fourth-order valence-corrected chi connectivity index (χ4v) is 2.18. The Bertz CT molecular complexity index is 460. The van der Waals surface area contributed by atoms with E-state index in [-0.39, 0.29) is 12.3 Å². The third-order valence-corrected chi connectivity index (χ3v) is 3.49. The number of hydrogen-bond acceptors (Lipinski definition) is 4. The third-order valence-electron chi connectivity index (χ3n) is 2.36. The molecule has 100 valence electrons. The highest BCUT2D eigenvalue weighted by atomic mass is 32.1. The van der Waals surface area contributed by atoms with E-state index in [1.807, 2.05) is 27.7 Å². The molecule has 1 aromatic rings. The first-order valence-corrected chi connectivity index (χ1v) is 6.51. The van der Waals surface area contributed by atoms with Crippen LogP contribution >= 0.6 is 11.3 Å². The molecule has 0 fully saturated rings. The van der Waals surface area contributed by atoms with E-state index in [1.165, 1.54) is 11.3 Å². The first-order chi connectivity index (χ1) is 8.20. The number of nitrogens with zero attached hydrogens (tertiary/aromatic N) is 1. The molecule has 1 rings (SSSR count). The zero-order valence-corrected chi connectivity index (χ0v) is 11.8. The standard InChI is InChI=1S/C12H18N2O3S/c1-7-8(5-6-9(15)16)18-11(13-7)14-10(17)12(2,3)4/h5-6H2,1-4H3,(H,15,16)(H,13,14,17). The van der Waals surface area contributed by atoms with Crippen molar-refractivity contribution in [3.63, 3.8) is 0 Å². The SMILES string of the molecule is Cc1nc(NC(=O)C(C)(C)C)sc1CCC(=O)O. The number of rotatable bonds is 4. The van der Waals surface area contributed by atoms with Gasteiger partial charge in [0, 0.05) is 10.3 Å². The second kappa shape index (κ2) is 5.48. The van der Waals surface area contributed by atoms with Gasteiger partial charge in [-0.1, -0.05) is 20.8 Å². The van der Waals surface area contributed by atoms with Crippen molar-refractivity contribution < 1.29 is 14.7 Å². The zero-order valence-electron chi connectivity index (χ0n) is 11.0. The Balaban J connectivity index is 2.72. The molecule has 2 N–H and O–H groups in total. The molecule has 0 aliphatic carbocycles. The van der Waals surface area contributed by atoms with E-state index >= 15 is 0 Å². The summed E-state index contributed by atoms with van der Waals surface area (Å²) in [6.07, 6.45) is 0.528.